The Labute approximate surface area is 150 Å². The van der Waals surface area contributed by atoms with Crippen LogP contribution in [0.25, 0.3) is 0 Å². The van der Waals surface area contributed by atoms with Crippen molar-refractivity contribution in [3.05, 3.63) is 0 Å². The minimum Gasteiger partial charge on any atom is -0.299 e. The van der Waals surface area contributed by atoms with Crippen molar-refractivity contribution >= 4 is 16.2 Å². The normalized spacial score (nSPS) is 50.0. The van der Waals surface area contributed by atoms with E-state index in [-0.39, 0.29) is 16.9 Å². The Bertz CT molecular complexity index is 673. The van der Waals surface area contributed by atoms with Crippen molar-refractivity contribution < 1.29 is 21.9 Å². The Balaban J connectivity index is 1.54. The maximum Gasteiger partial charge on any atom is 0.397 e. The van der Waals surface area contributed by atoms with Gasteiger partial charge < -0.3 is 0 Å². The van der Waals surface area contributed by atoms with Gasteiger partial charge in [0.05, 0.1) is 6.10 Å². The number of rotatable bonds is 2. The molecule has 0 radical (unpaired) electrons. The van der Waals surface area contributed by atoms with Gasteiger partial charge in [-0.3, -0.25) is 9.35 Å². The van der Waals surface area contributed by atoms with E-state index >= 15 is 0 Å². The molecular formula is C19H30O5S. The van der Waals surface area contributed by atoms with E-state index in [0.29, 0.717) is 35.9 Å². The van der Waals surface area contributed by atoms with Crippen molar-refractivity contribution in [2.24, 2.45) is 34.5 Å². The van der Waals surface area contributed by atoms with E-state index in [1.807, 2.05) is 0 Å². The molecule has 4 saturated carbocycles. The first-order chi connectivity index (χ1) is 11.6. The van der Waals surface area contributed by atoms with Gasteiger partial charge in [-0.1, -0.05) is 13.8 Å². The summed E-state index contributed by atoms with van der Waals surface area (Å²) in [6, 6.07) is 0. The molecule has 1 N–H and O–H groups in total. The second kappa shape index (κ2) is 5.77. The fourth-order valence-corrected chi connectivity index (χ4v) is 7.77. The molecule has 4 aliphatic rings. The van der Waals surface area contributed by atoms with Crippen LogP contribution in [0, 0.1) is 34.5 Å². The third kappa shape index (κ3) is 2.79. The van der Waals surface area contributed by atoms with E-state index in [4.69, 9.17) is 8.74 Å². The number of fused-ring (bicyclic) bond motifs is 5. The van der Waals surface area contributed by atoms with Gasteiger partial charge in [-0.25, -0.2) is 4.18 Å². The molecule has 4 rings (SSSR count). The van der Waals surface area contributed by atoms with Crippen molar-refractivity contribution in [1.29, 1.82) is 0 Å². The van der Waals surface area contributed by atoms with E-state index in [2.05, 4.69) is 13.8 Å². The van der Waals surface area contributed by atoms with Crippen LogP contribution in [0.4, 0.5) is 0 Å². The second-order valence-corrected chi connectivity index (χ2v) is 10.5. The zero-order chi connectivity index (χ0) is 18.0. The lowest BCUT2D eigenvalue weighted by Gasteiger charge is -2.60. The molecule has 0 amide bonds. The fourth-order valence-electron chi connectivity index (χ4n) is 7.25. The largest absolute Gasteiger partial charge is 0.397 e. The summed E-state index contributed by atoms with van der Waals surface area (Å²) in [4.78, 5) is 12.4. The Kier molecular flexibility index (Phi) is 4.14. The molecule has 0 heterocycles. The van der Waals surface area contributed by atoms with Crippen LogP contribution in [0.5, 0.6) is 0 Å². The molecule has 4 aliphatic carbocycles. The van der Waals surface area contributed by atoms with Crippen LogP contribution in [-0.4, -0.2) is 24.9 Å². The van der Waals surface area contributed by atoms with Crippen molar-refractivity contribution in [2.75, 3.05) is 0 Å². The number of hydrogen-bond donors (Lipinski definition) is 1. The predicted octanol–water partition coefficient (Wildman–Crippen LogP) is 3.79. The number of carbonyl (C=O) groups is 1. The van der Waals surface area contributed by atoms with Crippen LogP contribution >= 0.6 is 0 Å². The zero-order valence-corrected chi connectivity index (χ0v) is 16.1. The highest BCUT2D eigenvalue weighted by atomic mass is 32.3. The van der Waals surface area contributed by atoms with Gasteiger partial charge in [-0.15, -0.1) is 0 Å². The van der Waals surface area contributed by atoms with Gasteiger partial charge in [0.2, 0.25) is 0 Å². The third-order valence-electron chi connectivity index (χ3n) is 8.58. The molecule has 0 aliphatic heterocycles. The maximum atomic E-state index is 12.4. The third-order valence-corrected chi connectivity index (χ3v) is 9.10. The maximum absolute atomic E-state index is 12.4. The molecule has 6 heteroatoms. The lowest BCUT2D eigenvalue weighted by molar-refractivity contribution is -0.141. The summed E-state index contributed by atoms with van der Waals surface area (Å²) in [5.74, 6) is 2.76. The standard InChI is InChI=1S/C19H30O5S/c1-18-9-7-13(24-25(21,22)23)11-12(18)3-4-14-15-5-6-17(20)19(15,2)10-8-16(14)18/h12-16H,3-11H2,1-2H3,(H,21,22,23)/t12-,13+,14+,15+,16+,18+,19-/m0/s1. The van der Waals surface area contributed by atoms with Gasteiger partial charge in [0.15, 0.2) is 0 Å². The topological polar surface area (TPSA) is 80.7 Å². The van der Waals surface area contributed by atoms with Crippen molar-refractivity contribution in [2.45, 2.75) is 77.7 Å². The number of Topliss-reactive ketones (excluding diaryl/α,β-unsaturated/α-hetero) is 1. The van der Waals surface area contributed by atoms with Crippen molar-refractivity contribution in [3.63, 3.8) is 0 Å². The first kappa shape index (κ1) is 17.9. The van der Waals surface area contributed by atoms with Crippen LogP contribution in [0.15, 0.2) is 0 Å². The highest BCUT2D eigenvalue weighted by molar-refractivity contribution is 7.80. The Hall–Kier alpha value is -0.460. The van der Waals surface area contributed by atoms with E-state index in [1.165, 1.54) is 0 Å². The van der Waals surface area contributed by atoms with Crippen LogP contribution < -0.4 is 0 Å². The summed E-state index contributed by atoms with van der Waals surface area (Å²) < 4.78 is 36.0. The second-order valence-electron chi connectivity index (χ2n) is 9.50. The highest BCUT2D eigenvalue weighted by Crippen LogP contribution is 2.65. The van der Waals surface area contributed by atoms with E-state index in [9.17, 15) is 13.2 Å². The molecule has 7 atom stereocenters. The molecule has 142 valence electrons. The average Bonchev–Trinajstić information content (AvgIpc) is 2.82. The molecule has 0 aromatic rings. The molecule has 0 aromatic heterocycles. The monoisotopic (exact) mass is 370 g/mol. The van der Waals surface area contributed by atoms with Gasteiger partial charge in [0, 0.05) is 11.8 Å². The molecule has 0 bridgehead atoms. The molecule has 25 heavy (non-hydrogen) atoms. The molecule has 0 saturated heterocycles. The highest BCUT2D eigenvalue weighted by Gasteiger charge is 2.60. The predicted molar refractivity (Wildman–Crippen MR) is 93.2 cm³/mol. The van der Waals surface area contributed by atoms with Crippen LogP contribution in [0.3, 0.4) is 0 Å². The van der Waals surface area contributed by atoms with Gasteiger partial charge in [-0.05, 0) is 80.5 Å². The molecule has 0 spiro atoms. The van der Waals surface area contributed by atoms with Gasteiger partial charge in [0.25, 0.3) is 0 Å². The lowest BCUT2D eigenvalue weighted by atomic mass is 9.45. The number of carbonyl (C=O) groups excluding carboxylic acids is 1. The summed E-state index contributed by atoms with van der Waals surface area (Å²) in [6.45, 7) is 4.59. The molecule has 4 fully saturated rings. The minimum absolute atomic E-state index is 0.0877. The molecular weight excluding hydrogens is 340 g/mol. The van der Waals surface area contributed by atoms with Crippen molar-refractivity contribution in [1.82, 2.24) is 0 Å². The Morgan fingerprint density at radius 2 is 1.80 bits per heavy atom. The fraction of sp³-hybridized carbons (Fsp3) is 0.947. The van der Waals surface area contributed by atoms with E-state index in [1.54, 1.807) is 0 Å². The first-order valence-electron chi connectivity index (χ1n) is 9.82. The molecule has 5 nitrogen and oxygen atoms in total. The van der Waals surface area contributed by atoms with Gasteiger partial charge in [-0.2, -0.15) is 8.42 Å². The molecule has 0 aromatic carbocycles. The Morgan fingerprint density at radius 1 is 1.04 bits per heavy atom. The van der Waals surface area contributed by atoms with E-state index in [0.717, 1.165) is 51.4 Å². The van der Waals surface area contributed by atoms with Crippen molar-refractivity contribution in [3.8, 4) is 0 Å². The summed E-state index contributed by atoms with van der Waals surface area (Å²) in [5.41, 5.74) is 0.130. The summed E-state index contributed by atoms with van der Waals surface area (Å²) in [7, 11) is -4.37. The Morgan fingerprint density at radius 3 is 2.52 bits per heavy atom. The number of hydrogen-bond acceptors (Lipinski definition) is 4. The van der Waals surface area contributed by atoms with Crippen LogP contribution in [0.2, 0.25) is 0 Å². The van der Waals surface area contributed by atoms with E-state index < -0.39 is 10.4 Å². The summed E-state index contributed by atoms with van der Waals surface area (Å²) >= 11 is 0. The SMILES string of the molecule is C[C@@]12CC[C@@H](OS(=O)(=O)O)C[C@@H]1CC[C@H]1[C@H]2CC[C@]2(C)C(=O)CC[C@H]12. The first-order valence-corrected chi connectivity index (χ1v) is 11.2. The average molecular weight is 371 g/mol. The summed E-state index contributed by atoms with van der Waals surface area (Å²) in [6.07, 6.45) is 8.19. The quantitative estimate of drug-likeness (QED) is 0.748. The number of ketones is 1. The zero-order valence-electron chi connectivity index (χ0n) is 15.2. The van der Waals surface area contributed by atoms with Gasteiger partial charge in [0.1, 0.15) is 5.78 Å². The molecule has 0 unspecified atom stereocenters. The smallest absolute Gasteiger partial charge is 0.299 e. The van der Waals surface area contributed by atoms with Gasteiger partial charge >= 0.3 is 10.4 Å². The lowest BCUT2D eigenvalue weighted by Crippen LogP contribution is -2.54. The summed E-state index contributed by atoms with van der Waals surface area (Å²) in [5, 5.41) is 0. The minimum atomic E-state index is -4.37. The van der Waals surface area contributed by atoms with Crippen LogP contribution in [0.1, 0.15) is 71.6 Å². The van der Waals surface area contributed by atoms with Crippen LogP contribution in [-0.2, 0) is 19.4 Å².